The predicted molar refractivity (Wildman–Crippen MR) is 103 cm³/mol. The van der Waals surface area contributed by atoms with Gasteiger partial charge in [-0.05, 0) is 0 Å². The number of benzene rings is 1. The molecule has 0 amide bonds. The Morgan fingerprint density at radius 2 is 1.09 bits per heavy atom. The second kappa shape index (κ2) is 6.29. The molecule has 0 aromatic heterocycles. The van der Waals surface area contributed by atoms with Gasteiger partial charge in [0, 0.05) is 0 Å². The van der Waals surface area contributed by atoms with Gasteiger partial charge in [-0.2, -0.15) is 0 Å². The van der Waals surface area contributed by atoms with Gasteiger partial charge >= 0.3 is 144 Å². The molecule has 1 aromatic rings. The normalized spacial score (nSPS) is 19.5. The second-order valence-electron chi connectivity index (χ2n) is 8.36. The van der Waals surface area contributed by atoms with Gasteiger partial charge in [0.1, 0.15) is 0 Å². The van der Waals surface area contributed by atoms with Gasteiger partial charge in [-0.3, -0.25) is 0 Å². The van der Waals surface area contributed by atoms with Crippen LogP contribution in [-0.4, -0.2) is 27.2 Å². The Hall–Kier alpha value is 0.266. The predicted octanol–water partition coefficient (Wildman–Crippen LogP) is 4.97. The number of rotatable bonds is 4. The first-order valence-electron chi connectivity index (χ1n) is 8.92. The van der Waals surface area contributed by atoms with Crippen molar-refractivity contribution in [1.82, 2.24) is 0 Å². The van der Waals surface area contributed by atoms with Crippen molar-refractivity contribution in [2.24, 2.45) is 0 Å². The van der Waals surface area contributed by atoms with Crippen LogP contribution in [-0.2, 0) is 2.79 Å². The molecule has 0 unspecified atom stereocenters. The third-order valence-corrected chi connectivity index (χ3v) is 35.4. The van der Waals surface area contributed by atoms with Crippen LogP contribution in [0.15, 0.2) is 18.2 Å². The van der Waals surface area contributed by atoms with Crippen molar-refractivity contribution in [3.05, 3.63) is 23.8 Å². The molecular weight excluding hydrogens is 389 g/mol. The van der Waals surface area contributed by atoms with Crippen molar-refractivity contribution in [2.45, 2.75) is 81.3 Å². The number of fused-ring (bicyclic) bond motifs is 1. The van der Waals surface area contributed by atoms with E-state index in [4.69, 9.17) is 2.79 Å². The van der Waals surface area contributed by atoms with Gasteiger partial charge in [-0.15, -0.1) is 0 Å². The number of hydrogen-bond acceptors (Lipinski definition) is 1. The molecule has 0 atom stereocenters. The van der Waals surface area contributed by atoms with Crippen LogP contribution in [0.25, 0.3) is 0 Å². The summed E-state index contributed by atoms with van der Waals surface area (Å²) in [5.74, 6) is 0. The molecule has 0 saturated heterocycles. The van der Waals surface area contributed by atoms with Crippen molar-refractivity contribution in [3.63, 3.8) is 0 Å². The van der Waals surface area contributed by atoms with Crippen LogP contribution < -0.4 is 8.79 Å². The maximum atomic E-state index is 7.48. The summed E-state index contributed by atoms with van der Waals surface area (Å²) < 4.78 is 13.6. The topological polar surface area (TPSA) is 9.23 Å². The molecule has 0 radical (unpaired) electrons. The van der Waals surface area contributed by atoms with Gasteiger partial charge in [0.2, 0.25) is 0 Å². The quantitative estimate of drug-likeness (QED) is 0.621. The Balaban J connectivity index is 2.83. The summed E-state index contributed by atoms with van der Waals surface area (Å²) in [5, 5.41) is 0. The van der Waals surface area contributed by atoms with Gasteiger partial charge in [0.05, 0.1) is 0 Å². The van der Waals surface area contributed by atoms with E-state index in [9.17, 15) is 0 Å². The third-order valence-electron chi connectivity index (χ3n) is 5.79. The molecular formula is C19H34Ge2O. The molecule has 1 heterocycles. The fraction of sp³-hybridized carbons (Fsp3) is 0.684. The van der Waals surface area contributed by atoms with Crippen molar-refractivity contribution in [2.75, 3.05) is 0 Å². The van der Waals surface area contributed by atoms with Crippen molar-refractivity contribution in [3.8, 4) is 0 Å². The average Bonchev–Trinajstić information content (AvgIpc) is 2.71. The van der Waals surface area contributed by atoms with E-state index >= 15 is 0 Å². The van der Waals surface area contributed by atoms with E-state index in [-0.39, 0.29) is 0 Å². The molecule has 1 aromatic carbocycles. The number of aryl methyl sites for hydroxylation is 1. The second-order valence-corrected chi connectivity index (χ2v) is 29.6. The fourth-order valence-electron chi connectivity index (χ4n) is 4.76. The van der Waals surface area contributed by atoms with E-state index in [1.165, 1.54) is 5.56 Å². The fourth-order valence-corrected chi connectivity index (χ4v) is 46.0. The summed E-state index contributed by atoms with van der Waals surface area (Å²) in [7, 11) is 0. The zero-order valence-electron chi connectivity index (χ0n) is 15.9. The van der Waals surface area contributed by atoms with E-state index in [0.717, 1.165) is 0 Å². The van der Waals surface area contributed by atoms with E-state index in [2.05, 4.69) is 80.5 Å². The van der Waals surface area contributed by atoms with Crippen molar-refractivity contribution in [1.29, 1.82) is 0 Å². The Kier molecular flexibility index (Phi) is 5.32. The Morgan fingerprint density at radius 1 is 0.682 bits per heavy atom. The molecule has 1 aliphatic rings. The van der Waals surface area contributed by atoms with E-state index in [1.54, 1.807) is 8.79 Å². The van der Waals surface area contributed by atoms with Crippen LogP contribution in [0, 0.1) is 6.92 Å². The van der Waals surface area contributed by atoms with E-state index < -0.39 is 27.2 Å². The first-order chi connectivity index (χ1) is 10.1. The van der Waals surface area contributed by atoms with Crippen LogP contribution >= 0.6 is 0 Å². The SMILES string of the molecule is Cc1cc[c]2[c](c1)[Ge]([CH](C)C)([CH](C)C)[O][Ge]2([CH](C)C)[CH](C)C. The van der Waals surface area contributed by atoms with Crippen molar-refractivity contribution >= 4 is 36.0 Å². The van der Waals surface area contributed by atoms with Crippen LogP contribution in [0.2, 0.25) is 19.0 Å². The van der Waals surface area contributed by atoms with Gasteiger partial charge in [0.25, 0.3) is 0 Å². The average molecular weight is 424 g/mol. The minimum absolute atomic E-state index is 0.686. The molecule has 0 spiro atoms. The van der Waals surface area contributed by atoms with Crippen LogP contribution in [0.4, 0.5) is 0 Å². The molecule has 22 heavy (non-hydrogen) atoms. The molecule has 0 N–H and O–H groups in total. The molecule has 0 fully saturated rings. The standard InChI is InChI=1S/C19H34Ge2O/c1-13(2)20(14(3)4)18-11-10-17(9)12-19(18)21(22-20,15(5)6)16(7)8/h10-16H,1-9H3. The van der Waals surface area contributed by atoms with Crippen LogP contribution in [0.5, 0.6) is 0 Å². The van der Waals surface area contributed by atoms with Gasteiger partial charge in [-0.25, -0.2) is 0 Å². The maximum absolute atomic E-state index is 7.48. The molecule has 0 saturated carbocycles. The molecule has 2 rings (SSSR count). The molecule has 0 bridgehead atoms. The summed E-state index contributed by atoms with van der Waals surface area (Å²) >= 11 is -5.09. The molecule has 0 aliphatic carbocycles. The first kappa shape index (κ1) is 18.6. The molecule has 3 heteroatoms. The molecule has 124 valence electrons. The van der Waals surface area contributed by atoms with Gasteiger partial charge < -0.3 is 0 Å². The first-order valence-corrected chi connectivity index (χ1v) is 17.6. The van der Waals surface area contributed by atoms with Gasteiger partial charge in [-0.1, -0.05) is 0 Å². The van der Waals surface area contributed by atoms with Crippen LogP contribution in [0.3, 0.4) is 0 Å². The Labute approximate surface area is 143 Å². The van der Waals surface area contributed by atoms with Gasteiger partial charge in [0.15, 0.2) is 0 Å². The summed E-state index contributed by atoms with van der Waals surface area (Å²) in [5.41, 5.74) is 1.41. The summed E-state index contributed by atoms with van der Waals surface area (Å²) in [6.07, 6.45) is 0. The molecule has 1 nitrogen and oxygen atoms in total. The van der Waals surface area contributed by atoms with E-state index in [1.807, 2.05) is 0 Å². The minimum atomic E-state index is -2.55. The summed E-state index contributed by atoms with van der Waals surface area (Å²) in [6.45, 7) is 21.6. The van der Waals surface area contributed by atoms with E-state index in [0.29, 0.717) is 19.0 Å². The summed E-state index contributed by atoms with van der Waals surface area (Å²) in [6, 6.07) is 7.29. The van der Waals surface area contributed by atoms with Crippen molar-refractivity contribution < 1.29 is 2.79 Å². The zero-order chi connectivity index (χ0) is 16.9. The number of hydrogen-bond donors (Lipinski definition) is 0. The Morgan fingerprint density at radius 3 is 1.50 bits per heavy atom. The monoisotopic (exact) mass is 426 g/mol. The third kappa shape index (κ3) is 2.46. The Bertz CT molecular complexity index is 530. The molecule has 1 aliphatic heterocycles. The van der Waals surface area contributed by atoms with Crippen LogP contribution in [0.1, 0.15) is 61.0 Å². The zero-order valence-corrected chi connectivity index (χ0v) is 20.1. The summed E-state index contributed by atoms with van der Waals surface area (Å²) in [4.78, 5) is 0.